The fourth-order valence-corrected chi connectivity index (χ4v) is 4.66. The Morgan fingerprint density at radius 2 is 1.67 bits per heavy atom. The lowest BCUT2D eigenvalue weighted by Gasteiger charge is -2.22. The van der Waals surface area contributed by atoms with Crippen LogP contribution in [0.25, 0.3) is 0 Å². The number of rotatable bonds is 7. The van der Waals surface area contributed by atoms with E-state index in [1.54, 1.807) is 18.2 Å². The van der Waals surface area contributed by atoms with E-state index in [9.17, 15) is 13.2 Å². The molecular formula is C22H20Cl2N2O3S. The van der Waals surface area contributed by atoms with Gasteiger partial charge in [0.2, 0.25) is 15.9 Å². The Labute approximate surface area is 186 Å². The molecule has 0 fully saturated rings. The van der Waals surface area contributed by atoms with Gasteiger partial charge in [0.1, 0.15) is 0 Å². The van der Waals surface area contributed by atoms with Crippen LogP contribution in [0.3, 0.4) is 0 Å². The summed E-state index contributed by atoms with van der Waals surface area (Å²) in [5.41, 5.74) is 2.34. The molecular weight excluding hydrogens is 443 g/mol. The monoisotopic (exact) mass is 462 g/mol. The van der Waals surface area contributed by atoms with E-state index in [0.29, 0.717) is 5.69 Å². The SMILES string of the molecule is Cc1cccc(NC(=O)CN(Cc2ccccc2)S(=O)(=O)c2ccc(Cl)c(Cl)c2)c1. The summed E-state index contributed by atoms with van der Waals surface area (Å²) in [6, 6.07) is 20.4. The molecule has 0 aromatic heterocycles. The lowest BCUT2D eigenvalue weighted by molar-refractivity contribution is -0.116. The van der Waals surface area contributed by atoms with E-state index in [-0.39, 0.29) is 28.0 Å². The second-order valence-corrected chi connectivity index (χ2v) is 9.50. The molecule has 1 amide bonds. The number of carbonyl (C=O) groups excluding carboxylic acids is 1. The first-order valence-electron chi connectivity index (χ1n) is 9.11. The van der Waals surface area contributed by atoms with Crippen molar-refractivity contribution in [1.82, 2.24) is 4.31 Å². The number of benzene rings is 3. The van der Waals surface area contributed by atoms with E-state index in [1.165, 1.54) is 18.2 Å². The van der Waals surface area contributed by atoms with Crippen LogP contribution in [0.4, 0.5) is 5.69 Å². The fraction of sp³-hybridized carbons (Fsp3) is 0.136. The van der Waals surface area contributed by atoms with Crippen molar-refractivity contribution in [2.75, 3.05) is 11.9 Å². The van der Waals surface area contributed by atoms with Crippen LogP contribution >= 0.6 is 23.2 Å². The highest BCUT2D eigenvalue weighted by atomic mass is 35.5. The van der Waals surface area contributed by atoms with Crippen molar-refractivity contribution in [2.45, 2.75) is 18.4 Å². The van der Waals surface area contributed by atoms with Crippen LogP contribution in [0.5, 0.6) is 0 Å². The average molecular weight is 463 g/mol. The zero-order chi connectivity index (χ0) is 21.7. The summed E-state index contributed by atoms with van der Waals surface area (Å²) in [7, 11) is -4.00. The van der Waals surface area contributed by atoms with Crippen LogP contribution in [0.1, 0.15) is 11.1 Å². The summed E-state index contributed by atoms with van der Waals surface area (Å²) < 4.78 is 27.7. The minimum atomic E-state index is -4.00. The Balaban J connectivity index is 1.89. The van der Waals surface area contributed by atoms with E-state index in [2.05, 4.69) is 5.32 Å². The van der Waals surface area contributed by atoms with Crippen LogP contribution in [0, 0.1) is 6.92 Å². The van der Waals surface area contributed by atoms with Crippen molar-refractivity contribution >= 4 is 44.8 Å². The minimum absolute atomic E-state index is 0.0313. The first-order chi connectivity index (χ1) is 14.3. The highest BCUT2D eigenvalue weighted by Crippen LogP contribution is 2.27. The van der Waals surface area contributed by atoms with Gasteiger partial charge >= 0.3 is 0 Å². The summed E-state index contributed by atoms with van der Waals surface area (Å²) >= 11 is 11.9. The van der Waals surface area contributed by atoms with Gasteiger partial charge < -0.3 is 5.32 Å². The second kappa shape index (κ2) is 9.62. The summed E-state index contributed by atoms with van der Waals surface area (Å²) in [4.78, 5) is 12.6. The minimum Gasteiger partial charge on any atom is -0.325 e. The highest BCUT2D eigenvalue weighted by molar-refractivity contribution is 7.89. The maximum atomic E-state index is 13.3. The van der Waals surface area contributed by atoms with Crippen LogP contribution in [-0.2, 0) is 21.4 Å². The van der Waals surface area contributed by atoms with Crippen molar-refractivity contribution in [3.05, 3.63) is 94.0 Å². The third kappa shape index (κ3) is 5.61. The molecule has 30 heavy (non-hydrogen) atoms. The molecule has 8 heteroatoms. The third-order valence-electron chi connectivity index (χ3n) is 4.35. The molecule has 3 aromatic carbocycles. The molecule has 0 aliphatic heterocycles. The molecule has 0 radical (unpaired) electrons. The first-order valence-corrected chi connectivity index (χ1v) is 11.3. The van der Waals surface area contributed by atoms with Gasteiger partial charge in [-0.2, -0.15) is 4.31 Å². The van der Waals surface area contributed by atoms with Crippen LogP contribution < -0.4 is 5.32 Å². The van der Waals surface area contributed by atoms with E-state index < -0.39 is 15.9 Å². The molecule has 5 nitrogen and oxygen atoms in total. The summed E-state index contributed by atoms with van der Waals surface area (Å²) in [5.74, 6) is -0.444. The van der Waals surface area contributed by atoms with Gasteiger partial charge in [-0.05, 0) is 48.4 Å². The highest BCUT2D eigenvalue weighted by Gasteiger charge is 2.27. The molecule has 0 aliphatic carbocycles. The maximum Gasteiger partial charge on any atom is 0.243 e. The van der Waals surface area contributed by atoms with Crippen LogP contribution in [0.2, 0.25) is 10.0 Å². The third-order valence-corrected chi connectivity index (χ3v) is 6.88. The van der Waals surface area contributed by atoms with Gasteiger partial charge in [0.15, 0.2) is 0 Å². The van der Waals surface area contributed by atoms with Gasteiger partial charge in [-0.25, -0.2) is 8.42 Å². The number of amides is 1. The van der Waals surface area contributed by atoms with Gasteiger partial charge in [-0.15, -0.1) is 0 Å². The average Bonchev–Trinajstić information content (AvgIpc) is 2.70. The smallest absolute Gasteiger partial charge is 0.243 e. The molecule has 0 saturated heterocycles. The zero-order valence-electron chi connectivity index (χ0n) is 16.2. The standard InChI is InChI=1S/C22H20Cl2N2O3S/c1-16-6-5-9-18(12-16)25-22(27)15-26(14-17-7-3-2-4-8-17)30(28,29)19-10-11-20(23)21(24)13-19/h2-13H,14-15H2,1H3,(H,25,27). The lowest BCUT2D eigenvalue weighted by Crippen LogP contribution is -2.37. The van der Waals surface area contributed by atoms with Crippen molar-refractivity contribution < 1.29 is 13.2 Å². The topological polar surface area (TPSA) is 66.5 Å². The van der Waals surface area contributed by atoms with Crippen LogP contribution in [0.15, 0.2) is 77.7 Å². The van der Waals surface area contributed by atoms with Crippen molar-refractivity contribution in [3.63, 3.8) is 0 Å². The molecule has 0 atom stereocenters. The Bertz CT molecular complexity index is 1150. The predicted molar refractivity (Wildman–Crippen MR) is 120 cm³/mol. The number of carbonyl (C=O) groups is 1. The van der Waals surface area contributed by atoms with Crippen LogP contribution in [-0.4, -0.2) is 25.2 Å². The molecule has 0 spiro atoms. The Morgan fingerprint density at radius 1 is 0.933 bits per heavy atom. The number of aryl methyl sites for hydroxylation is 1. The number of nitrogens with zero attached hydrogens (tertiary/aromatic N) is 1. The molecule has 0 bridgehead atoms. The van der Waals surface area contributed by atoms with E-state index >= 15 is 0 Å². The lowest BCUT2D eigenvalue weighted by atomic mass is 10.2. The number of sulfonamides is 1. The molecule has 3 rings (SSSR count). The molecule has 1 N–H and O–H groups in total. The molecule has 0 aliphatic rings. The van der Waals surface area contributed by atoms with Crippen molar-refractivity contribution in [2.24, 2.45) is 0 Å². The number of halogens is 2. The van der Waals surface area contributed by atoms with Gasteiger partial charge in [0.05, 0.1) is 21.5 Å². The first kappa shape index (κ1) is 22.3. The van der Waals surface area contributed by atoms with Gasteiger partial charge in [-0.3, -0.25) is 4.79 Å². The van der Waals surface area contributed by atoms with Crippen molar-refractivity contribution in [1.29, 1.82) is 0 Å². The summed E-state index contributed by atoms with van der Waals surface area (Å²) in [6.07, 6.45) is 0. The summed E-state index contributed by atoms with van der Waals surface area (Å²) in [5, 5.41) is 3.13. The second-order valence-electron chi connectivity index (χ2n) is 6.75. The Morgan fingerprint density at radius 3 is 2.33 bits per heavy atom. The molecule has 3 aromatic rings. The Kier molecular flexibility index (Phi) is 7.15. The maximum absolute atomic E-state index is 13.3. The molecule has 0 unspecified atom stereocenters. The van der Waals surface area contributed by atoms with E-state index in [1.807, 2.05) is 43.3 Å². The number of hydrogen-bond donors (Lipinski definition) is 1. The van der Waals surface area contributed by atoms with Crippen molar-refractivity contribution in [3.8, 4) is 0 Å². The van der Waals surface area contributed by atoms with E-state index in [4.69, 9.17) is 23.2 Å². The number of nitrogens with one attached hydrogen (secondary N) is 1. The largest absolute Gasteiger partial charge is 0.325 e. The van der Waals surface area contributed by atoms with Gasteiger partial charge in [-0.1, -0.05) is 65.7 Å². The predicted octanol–water partition coefficient (Wildman–Crippen LogP) is 5.13. The van der Waals surface area contributed by atoms with Gasteiger partial charge in [0.25, 0.3) is 0 Å². The molecule has 0 saturated carbocycles. The Hall–Kier alpha value is -2.38. The van der Waals surface area contributed by atoms with Gasteiger partial charge in [0, 0.05) is 12.2 Å². The molecule has 156 valence electrons. The van der Waals surface area contributed by atoms with E-state index in [0.717, 1.165) is 15.4 Å². The number of hydrogen-bond acceptors (Lipinski definition) is 3. The normalized spacial score (nSPS) is 11.5. The number of anilines is 1. The quantitative estimate of drug-likeness (QED) is 0.528. The fourth-order valence-electron chi connectivity index (χ4n) is 2.88. The summed E-state index contributed by atoms with van der Waals surface area (Å²) in [6.45, 7) is 1.59. The molecule has 0 heterocycles. The zero-order valence-corrected chi connectivity index (χ0v) is 18.5.